The van der Waals surface area contributed by atoms with Crippen molar-refractivity contribution in [1.29, 1.82) is 0 Å². The number of hydrogen-bond donors (Lipinski definition) is 1. The van der Waals surface area contributed by atoms with E-state index in [1.165, 1.54) is 4.90 Å². The number of benzene rings is 1. The zero-order valence-electron chi connectivity index (χ0n) is 13.4. The van der Waals surface area contributed by atoms with Crippen molar-refractivity contribution in [2.45, 2.75) is 18.9 Å². The number of urea groups is 1. The summed E-state index contributed by atoms with van der Waals surface area (Å²) in [6, 6.07) is 6.68. The molecule has 8 nitrogen and oxygen atoms in total. The second kappa shape index (κ2) is 6.77. The van der Waals surface area contributed by atoms with Crippen molar-refractivity contribution in [3.05, 3.63) is 24.3 Å². The largest absolute Gasteiger partial charge is 0.497 e. The van der Waals surface area contributed by atoms with Crippen LogP contribution in [-0.4, -0.2) is 60.7 Å². The molecule has 128 valence electrons. The maximum Gasteiger partial charge on any atom is 0.417 e. The molecule has 0 atom stereocenters. The van der Waals surface area contributed by atoms with Crippen molar-refractivity contribution < 1.29 is 23.9 Å². The number of rotatable bonds is 3. The van der Waals surface area contributed by atoms with Crippen LogP contribution in [0.15, 0.2) is 24.3 Å². The maximum atomic E-state index is 12.3. The van der Waals surface area contributed by atoms with Crippen LogP contribution in [0, 0.1) is 0 Å². The molecule has 1 aromatic rings. The Morgan fingerprint density at radius 2 is 1.88 bits per heavy atom. The number of cyclic esters (lactones) is 1. The zero-order chi connectivity index (χ0) is 17.1. The van der Waals surface area contributed by atoms with Gasteiger partial charge in [-0.3, -0.25) is 4.79 Å². The first-order valence-corrected chi connectivity index (χ1v) is 7.77. The predicted octanol–water partition coefficient (Wildman–Crippen LogP) is 1.67. The van der Waals surface area contributed by atoms with Crippen LogP contribution in [0.5, 0.6) is 5.75 Å². The van der Waals surface area contributed by atoms with Gasteiger partial charge in [0.1, 0.15) is 5.75 Å². The van der Waals surface area contributed by atoms with Crippen LogP contribution in [0.4, 0.5) is 15.3 Å². The second-order valence-corrected chi connectivity index (χ2v) is 5.70. The van der Waals surface area contributed by atoms with Crippen molar-refractivity contribution in [3.63, 3.8) is 0 Å². The molecule has 0 bridgehead atoms. The Labute approximate surface area is 139 Å². The monoisotopic (exact) mass is 333 g/mol. The number of anilines is 1. The van der Waals surface area contributed by atoms with Gasteiger partial charge in [0.25, 0.3) is 5.91 Å². The van der Waals surface area contributed by atoms with Crippen LogP contribution < -0.4 is 10.1 Å². The van der Waals surface area contributed by atoms with E-state index in [4.69, 9.17) is 9.47 Å². The van der Waals surface area contributed by atoms with E-state index in [-0.39, 0.29) is 24.6 Å². The van der Waals surface area contributed by atoms with Crippen molar-refractivity contribution in [3.8, 4) is 5.75 Å². The first kappa shape index (κ1) is 16.1. The summed E-state index contributed by atoms with van der Waals surface area (Å²) in [6.07, 6.45) is 0.523. The molecule has 3 rings (SSSR count). The highest BCUT2D eigenvalue weighted by Gasteiger charge is 2.38. The number of piperidine rings is 1. The lowest BCUT2D eigenvalue weighted by Gasteiger charge is -2.34. The number of hydrogen-bond acceptors (Lipinski definition) is 5. The number of carbonyl (C=O) groups excluding carboxylic acids is 3. The minimum Gasteiger partial charge on any atom is -0.497 e. The van der Waals surface area contributed by atoms with Gasteiger partial charge in [0.2, 0.25) is 0 Å². The number of imide groups is 1. The summed E-state index contributed by atoms with van der Waals surface area (Å²) in [5, 5.41) is 2.82. The minimum atomic E-state index is -0.582. The molecule has 0 aliphatic carbocycles. The molecule has 2 fully saturated rings. The average molecular weight is 333 g/mol. The van der Waals surface area contributed by atoms with Gasteiger partial charge in [-0.05, 0) is 37.1 Å². The molecule has 2 aliphatic heterocycles. The van der Waals surface area contributed by atoms with E-state index in [1.54, 1.807) is 36.3 Å². The summed E-state index contributed by atoms with van der Waals surface area (Å²) >= 11 is 0. The van der Waals surface area contributed by atoms with E-state index in [9.17, 15) is 14.4 Å². The molecule has 0 aromatic heterocycles. The van der Waals surface area contributed by atoms with Crippen molar-refractivity contribution in [2.24, 2.45) is 0 Å². The minimum absolute atomic E-state index is 0.184. The molecular weight excluding hydrogens is 314 g/mol. The number of carbonyl (C=O) groups is 3. The highest BCUT2D eigenvalue weighted by molar-refractivity contribution is 5.98. The summed E-state index contributed by atoms with van der Waals surface area (Å²) in [5.74, 6) is 0.414. The summed E-state index contributed by atoms with van der Waals surface area (Å²) in [7, 11) is 1.58. The van der Waals surface area contributed by atoms with Crippen molar-refractivity contribution >= 4 is 23.7 Å². The molecule has 1 aromatic carbocycles. The Balaban J connectivity index is 1.53. The van der Waals surface area contributed by atoms with E-state index < -0.39 is 6.09 Å². The fraction of sp³-hybridized carbons (Fsp3) is 0.438. The predicted molar refractivity (Wildman–Crippen MR) is 84.8 cm³/mol. The Hall–Kier alpha value is -2.77. The second-order valence-electron chi connectivity index (χ2n) is 5.70. The number of nitrogens with zero attached hydrogens (tertiary/aromatic N) is 2. The van der Waals surface area contributed by atoms with Gasteiger partial charge in [-0.2, -0.15) is 0 Å². The van der Waals surface area contributed by atoms with E-state index >= 15 is 0 Å². The summed E-state index contributed by atoms with van der Waals surface area (Å²) in [5.41, 5.74) is 0.682. The van der Waals surface area contributed by atoms with Gasteiger partial charge in [0.15, 0.2) is 6.61 Å². The Morgan fingerprint density at radius 1 is 1.21 bits per heavy atom. The molecule has 2 heterocycles. The summed E-state index contributed by atoms with van der Waals surface area (Å²) < 4.78 is 9.81. The standard InChI is InChI=1S/C16H19N3O5/c1-23-13-4-2-11(3-5-13)17-15(21)18-8-6-12(7-9-18)19-14(20)10-24-16(19)22/h2-5,12H,6-10H2,1H3,(H,17,21). The molecule has 0 spiro atoms. The molecule has 8 heteroatoms. The smallest absolute Gasteiger partial charge is 0.417 e. The van der Waals surface area contributed by atoms with Gasteiger partial charge >= 0.3 is 12.1 Å². The highest BCUT2D eigenvalue weighted by Crippen LogP contribution is 2.22. The van der Waals surface area contributed by atoms with Crippen LogP contribution >= 0.6 is 0 Å². The normalized spacial score (nSPS) is 18.5. The summed E-state index contributed by atoms with van der Waals surface area (Å²) in [4.78, 5) is 38.4. The lowest BCUT2D eigenvalue weighted by Crippen LogP contribution is -2.49. The fourth-order valence-electron chi connectivity index (χ4n) is 2.92. The third-order valence-electron chi connectivity index (χ3n) is 4.24. The lowest BCUT2D eigenvalue weighted by atomic mass is 10.0. The van der Waals surface area contributed by atoms with Gasteiger partial charge in [-0.15, -0.1) is 0 Å². The zero-order valence-corrected chi connectivity index (χ0v) is 13.4. The number of nitrogens with one attached hydrogen (secondary N) is 1. The number of methoxy groups -OCH3 is 1. The van der Waals surface area contributed by atoms with Gasteiger partial charge in [-0.1, -0.05) is 0 Å². The van der Waals surface area contributed by atoms with Gasteiger partial charge in [-0.25, -0.2) is 14.5 Å². The molecular formula is C16H19N3O5. The van der Waals surface area contributed by atoms with Gasteiger partial charge < -0.3 is 19.7 Å². The van der Waals surface area contributed by atoms with Crippen LogP contribution in [0.25, 0.3) is 0 Å². The SMILES string of the molecule is COc1ccc(NC(=O)N2CCC(N3C(=O)COC3=O)CC2)cc1. The first-order chi connectivity index (χ1) is 11.6. The topological polar surface area (TPSA) is 88.2 Å². The van der Waals surface area contributed by atoms with E-state index in [0.29, 0.717) is 31.6 Å². The van der Waals surface area contributed by atoms with E-state index in [0.717, 1.165) is 5.75 Å². The number of likely N-dealkylation sites (tertiary alicyclic amines) is 1. The third kappa shape index (κ3) is 3.27. The Bertz CT molecular complexity index is 622. The van der Waals surface area contributed by atoms with E-state index in [1.807, 2.05) is 0 Å². The van der Waals surface area contributed by atoms with Crippen LogP contribution in [0.3, 0.4) is 0 Å². The quantitative estimate of drug-likeness (QED) is 0.909. The average Bonchev–Trinajstić information content (AvgIpc) is 2.94. The molecule has 0 unspecified atom stereocenters. The number of ether oxygens (including phenoxy) is 2. The molecule has 0 radical (unpaired) electrons. The molecule has 2 aliphatic rings. The summed E-state index contributed by atoms with van der Waals surface area (Å²) in [6.45, 7) is 0.768. The number of amides is 4. The molecule has 0 saturated carbocycles. The molecule has 4 amide bonds. The Morgan fingerprint density at radius 3 is 2.42 bits per heavy atom. The third-order valence-corrected chi connectivity index (χ3v) is 4.24. The molecule has 24 heavy (non-hydrogen) atoms. The van der Waals surface area contributed by atoms with Gasteiger partial charge in [0, 0.05) is 24.8 Å². The van der Waals surface area contributed by atoms with Crippen LogP contribution in [0.1, 0.15) is 12.8 Å². The molecule has 1 N–H and O–H groups in total. The lowest BCUT2D eigenvalue weighted by molar-refractivity contribution is -0.127. The van der Waals surface area contributed by atoms with Crippen molar-refractivity contribution in [1.82, 2.24) is 9.80 Å². The van der Waals surface area contributed by atoms with Crippen LogP contribution in [0.2, 0.25) is 0 Å². The van der Waals surface area contributed by atoms with Crippen molar-refractivity contribution in [2.75, 3.05) is 32.1 Å². The molecule has 2 saturated heterocycles. The highest BCUT2D eigenvalue weighted by atomic mass is 16.6. The van der Waals surface area contributed by atoms with Gasteiger partial charge in [0.05, 0.1) is 7.11 Å². The van der Waals surface area contributed by atoms with E-state index in [2.05, 4.69) is 5.32 Å². The maximum absolute atomic E-state index is 12.3. The Kier molecular flexibility index (Phi) is 4.54. The first-order valence-electron chi connectivity index (χ1n) is 7.77. The fourth-order valence-corrected chi connectivity index (χ4v) is 2.92. The van der Waals surface area contributed by atoms with Crippen LogP contribution in [-0.2, 0) is 9.53 Å².